The van der Waals surface area contributed by atoms with Gasteiger partial charge in [-0.3, -0.25) is 9.59 Å². The molecule has 0 heterocycles. The Morgan fingerprint density at radius 3 is 2.32 bits per heavy atom. The lowest BCUT2D eigenvalue weighted by Gasteiger charge is -2.70. The lowest BCUT2D eigenvalue weighted by atomic mass is 9.33. The number of carbonyl (C=O) groups excluding carboxylic acids is 1. The maximum atomic E-state index is 14.3. The molecule has 2 N–H and O–H groups in total. The fourth-order valence-electron chi connectivity index (χ4n) is 9.85. The van der Waals surface area contributed by atoms with Crippen molar-refractivity contribution in [2.75, 3.05) is 0 Å². The number of hydrogen-bond acceptors (Lipinski definition) is 3. The zero-order valence-corrected chi connectivity index (χ0v) is 22.2. The van der Waals surface area contributed by atoms with E-state index in [4.69, 9.17) is 4.11 Å². The molecule has 4 fully saturated rings. The number of fused-ring (bicyclic) bond motifs is 7. The van der Waals surface area contributed by atoms with Crippen molar-refractivity contribution in [2.45, 2.75) is 112 Å². The third-order valence-electron chi connectivity index (χ3n) is 12.5. The molecular weight excluding hydrogens is 424 g/mol. The van der Waals surface area contributed by atoms with Gasteiger partial charge in [-0.2, -0.15) is 0 Å². The summed E-state index contributed by atoms with van der Waals surface area (Å²) < 4.78 is 26.2. The van der Waals surface area contributed by atoms with Crippen LogP contribution in [0.1, 0.15) is 110 Å². The van der Waals surface area contributed by atoms with Gasteiger partial charge in [0.2, 0.25) is 0 Å². The van der Waals surface area contributed by atoms with E-state index in [0.717, 1.165) is 37.7 Å². The molecule has 5 rings (SSSR count). The molecule has 1 unspecified atom stereocenters. The Labute approximate surface area is 210 Å². The molecule has 0 bridgehead atoms. The van der Waals surface area contributed by atoms with Gasteiger partial charge in [-0.25, -0.2) is 0 Å². The SMILES string of the molecule is [2H]C1([2H])C[C@@]2(C)C(CC[C@]3(C)[C@@H]2C(=O)C=C2[C@H]4C[C@@](C)(C(=O)O)CC[C@]4(C)CC[C@]23C)C(C)(C)[C@]1([2H])O. The van der Waals surface area contributed by atoms with Gasteiger partial charge >= 0.3 is 5.97 Å². The molecule has 0 spiro atoms. The Balaban J connectivity index is 1.65. The zero-order valence-electron chi connectivity index (χ0n) is 25.2. The molecular formula is C30H46O4. The van der Waals surface area contributed by atoms with Gasteiger partial charge < -0.3 is 10.2 Å². The quantitative estimate of drug-likeness (QED) is 0.461. The number of allylic oxidation sites excluding steroid dienone is 2. The van der Waals surface area contributed by atoms with Gasteiger partial charge in [-0.05, 0) is 110 Å². The number of hydrogen-bond donors (Lipinski definition) is 2. The molecule has 5 aliphatic carbocycles. The smallest absolute Gasteiger partial charge is 0.309 e. The molecule has 0 aliphatic heterocycles. The van der Waals surface area contributed by atoms with Crippen LogP contribution in [-0.4, -0.2) is 28.0 Å². The Morgan fingerprint density at radius 2 is 1.68 bits per heavy atom. The molecule has 5 aliphatic rings. The van der Waals surface area contributed by atoms with E-state index >= 15 is 0 Å². The summed E-state index contributed by atoms with van der Waals surface area (Å²) in [7, 11) is 0. The van der Waals surface area contributed by atoms with E-state index in [0.29, 0.717) is 12.8 Å². The fraction of sp³-hybridized carbons (Fsp3) is 0.867. The summed E-state index contributed by atoms with van der Waals surface area (Å²) in [5.74, 6) is -1.24. The first-order chi connectivity index (χ1) is 16.6. The Hall–Kier alpha value is -1.16. The topological polar surface area (TPSA) is 74.6 Å². The Morgan fingerprint density at radius 1 is 1.03 bits per heavy atom. The van der Waals surface area contributed by atoms with Crippen molar-refractivity contribution in [2.24, 2.45) is 50.2 Å². The summed E-state index contributed by atoms with van der Waals surface area (Å²) in [6.45, 7) is 14.3. The first-order valence-corrected chi connectivity index (χ1v) is 13.3. The highest BCUT2D eigenvalue weighted by Gasteiger charge is 2.70. The molecule has 9 atom stereocenters. The van der Waals surface area contributed by atoms with E-state index in [1.807, 2.05) is 19.9 Å². The highest BCUT2D eigenvalue weighted by atomic mass is 16.4. The van der Waals surface area contributed by atoms with Crippen LogP contribution >= 0.6 is 0 Å². The number of aliphatic hydroxyl groups is 1. The van der Waals surface area contributed by atoms with Crippen molar-refractivity contribution in [1.29, 1.82) is 0 Å². The molecule has 34 heavy (non-hydrogen) atoms. The summed E-state index contributed by atoms with van der Waals surface area (Å²) >= 11 is 0. The summed E-state index contributed by atoms with van der Waals surface area (Å²) in [5.41, 5.74) is -2.08. The van der Waals surface area contributed by atoms with Crippen LogP contribution in [0.3, 0.4) is 0 Å². The predicted molar refractivity (Wildman–Crippen MR) is 133 cm³/mol. The number of rotatable bonds is 1. The number of aliphatic carboxylic acids is 1. The second-order valence-corrected chi connectivity index (χ2v) is 14.5. The van der Waals surface area contributed by atoms with Crippen molar-refractivity contribution in [3.63, 3.8) is 0 Å². The molecule has 0 aromatic heterocycles. The van der Waals surface area contributed by atoms with Gasteiger partial charge in [0.25, 0.3) is 0 Å². The highest BCUT2D eigenvalue weighted by molar-refractivity contribution is 5.95. The van der Waals surface area contributed by atoms with Gasteiger partial charge in [-0.1, -0.05) is 47.1 Å². The standard InChI is InChI=1S/C30H46O4/c1-25(2)21-8-11-30(7)23(28(21,5)10-9-22(25)32)20(31)16-18-19-17-27(4,24(33)34)13-12-26(19,3)14-15-29(18,30)6/h16,19,21-23,32H,8-15,17H2,1-7H3,(H,33,34)/t19-,21?,22-,23-,26-,27+,28+,29-,30-/m1/s1/i9D2,22D. The summed E-state index contributed by atoms with van der Waals surface area (Å²) in [6, 6.07) is 0. The number of carboxylic acid groups (broad SMARTS) is 1. The molecule has 0 saturated heterocycles. The van der Waals surface area contributed by atoms with Crippen molar-refractivity contribution in [3.05, 3.63) is 11.6 Å². The average Bonchev–Trinajstić information content (AvgIpc) is 2.74. The summed E-state index contributed by atoms with van der Waals surface area (Å²) in [6.07, 6.45) is 2.96. The summed E-state index contributed by atoms with van der Waals surface area (Å²) in [4.78, 5) is 26.6. The minimum atomic E-state index is -2.24. The van der Waals surface area contributed by atoms with E-state index in [2.05, 4.69) is 20.8 Å². The molecule has 0 aromatic rings. The second kappa shape index (κ2) is 6.99. The average molecular weight is 474 g/mol. The molecule has 4 saturated carbocycles. The van der Waals surface area contributed by atoms with E-state index in [-0.39, 0.29) is 34.9 Å². The minimum absolute atomic E-state index is 0.0163. The van der Waals surface area contributed by atoms with Crippen molar-refractivity contribution < 1.29 is 23.9 Å². The lowest BCUT2D eigenvalue weighted by molar-refractivity contribution is -0.202. The molecule has 190 valence electrons. The third kappa shape index (κ3) is 2.81. The van der Waals surface area contributed by atoms with Crippen LogP contribution in [-0.2, 0) is 9.59 Å². The third-order valence-corrected chi connectivity index (χ3v) is 12.5. The Bertz CT molecular complexity index is 1100. The second-order valence-electron chi connectivity index (χ2n) is 14.5. The van der Waals surface area contributed by atoms with Gasteiger partial charge in [0, 0.05) is 8.66 Å². The maximum absolute atomic E-state index is 14.3. The van der Waals surface area contributed by atoms with Crippen LogP contribution in [0.4, 0.5) is 0 Å². The first kappa shape index (κ1) is 21.0. The maximum Gasteiger partial charge on any atom is 0.309 e. The highest BCUT2D eigenvalue weighted by Crippen LogP contribution is 2.75. The number of carbonyl (C=O) groups is 2. The van der Waals surface area contributed by atoms with Gasteiger partial charge in [-0.15, -0.1) is 0 Å². The van der Waals surface area contributed by atoms with Crippen LogP contribution in [0.2, 0.25) is 0 Å². The number of ketones is 1. The molecule has 0 aromatic carbocycles. The van der Waals surface area contributed by atoms with Crippen molar-refractivity contribution in [3.8, 4) is 0 Å². The van der Waals surface area contributed by atoms with Crippen molar-refractivity contribution >= 4 is 11.8 Å². The fourth-order valence-corrected chi connectivity index (χ4v) is 9.85. The molecule has 0 amide bonds. The van der Waals surface area contributed by atoms with Gasteiger partial charge in [0.15, 0.2) is 5.78 Å². The number of carboxylic acids is 1. The van der Waals surface area contributed by atoms with Crippen LogP contribution in [0.15, 0.2) is 11.6 Å². The first-order valence-electron chi connectivity index (χ1n) is 14.8. The normalized spacial score (nSPS) is 59.1. The van der Waals surface area contributed by atoms with E-state index in [1.54, 1.807) is 13.8 Å². The van der Waals surface area contributed by atoms with E-state index < -0.39 is 46.0 Å². The summed E-state index contributed by atoms with van der Waals surface area (Å²) in [5, 5.41) is 21.2. The van der Waals surface area contributed by atoms with Crippen LogP contribution in [0, 0.1) is 50.2 Å². The Kier molecular flexibility index (Phi) is 4.31. The monoisotopic (exact) mass is 473 g/mol. The zero-order chi connectivity index (χ0) is 27.8. The van der Waals surface area contributed by atoms with Gasteiger partial charge in [0.1, 0.15) is 0 Å². The van der Waals surface area contributed by atoms with Crippen LogP contribution < -0.4 is 0 Å². The van der Waals surface area contributed by atoms with Gasteiger partial charge in [0.05, 0.1) is 12.9 Å². The van der Waals surface area contributed by atoms with Crippen LogP contribution in [0.5, 0.6) is 0 Å². The largest absolute Gasteiger partial charge is 0.481 e. The molecule has 4 heteroatoms. The van der Waals surface area contributed by atoms with E-state index in [1.165, 1.54) is 0 Å². The van der Waals surface area contributed by atoms with E-state index in [9.17, 15) is 19.8 Å². The molecule has 4 nitrogen and oxygen atoms in total. The minimum Gasteiger partial charge on any atom is -0.481 e. The lowest BCUT2D eigenvalue weighted by Crippen LogP contribution is -2.66. The predicted octanol–water partition coefficient (Wildman–Crippen LogP) is 6.41. The van der Waals surface area contributed by atoms with Crippen molar-refractivity contribution in [1.82, 2.24) is 0 Å². The molecule has 0 radical (unpaired) electrons. The van der Waals surface area contributed by atoms with Crippen LogP contribution in [0.25, 0.3) is 0 Å².